The van der Waals surface area contributed by atoms with E-state index in [1.807, 2.05) is 6.07 Å². The molecular weight excluding hydrogens is 300 g/mol. The first-order chi connectivity index (χ1) is 11.8. The molecule has 0 unspecified atom stereocenters. The predicted molar refractivity (Wildman–Crippen MR) is 89.9 cm³/mol. The van der Waals surface area contributed by atoms with E-state index < -0.39 is 0 Å². The summed E-state index contributed by atoms with van der Waals surface area (Å²) in [5.74, 6) is 0.530. The molecule has 0 aliphatic heterocycles. The predicted octanol–water partition coefficient (Wildman–Crippen LogP) is 2.36. The van der Waals surface area contributed by atoms with Crippen LogP contribution < -0.4 is 5.32 Å². The van der Waals surface area contributed by atoms with E-state index in [2.05, 4.69) is 39.8 Å². The summed E-state index contributed by atoms with van der Waals surface area (Å²) in [5.41, 5.74) is 4.71. The summed E-state index contributed by atoms with van der Waals surface area (Å²) in [5, 5.41) is 10.9. The molecule has 2 aliphatic carbocycles. The Labute approximate surface area is 139 Å². The smallest absolute Gasteiger partial charge is 0.252 e. The number of nitrogens with one attached hydrogen (secondary N) is 1. The van der Waals surface area contributed by atoms with Crippen LogP contribution in [0.25, 0.3) is 5.65 Å². The summed E-state index contributed by atoms with van der Waals surface area (Å²) in [7, 11) is 0. The Kier molecular flexibility index (Phi) is 2.80. The fourth-order valence-electron chi connectivity index (χ4n) is 4.28. The first kappa shape index (κ1) is 13.7. The lowest BCUT2D eigenvalue weighted by molar-refractivity contribution is 0.0950. The quantitative estimate of drug-likeness (QED) is 0.806. The van der Waals surface area contributed by atoms with Gasteiger partial charge in [-0.3, -0.25) is 9.20 Å². The van der Waals surface area contributed by atoms with Crippen molar-refractivity contribution in [1.29, 1.82) is 0 Å². The van der Waals surface area contributed by atoms with Crippen molar-refractivity contribution in [3.63, 3.8) is 0 Å². The van der Waals surface area contributed by atoms with Gasteiger partial charge in [-0.05, 0) is 48.4 Å². The first-order valence-corrected chi connectivity index (χ1v) is 8.42. The maximum absolute atomic E-state index is 12.4. The highest BCUT2D eigenvalue weighted by Crippen LogP contribution is 2.61. The average molecular weight is 318 g/mol. The summed E-state index contributed by atoms with van der Waals surface area (Å²) in [6.07, 6.45) is 6.97. The monoisotopic (exact) mass is 318 g/mol. The highest BCUT2D eigenvalue weighted by atomic mass is 16.1. The number of aryl methyl sites for hydroxylation is 1. The minimum Gasteiger partial charge on any atom is -0.352 e. The molecule has 24 heavy (non-hydrogen) atoms. The maximum Gasteiger partial charge on any atom is 0.252 e. The van der Waals surface area contributed by atoms with E-state index in [1.54, 1.807) is 23.0 Å². The number of pyridine rings is 1. The molecule has 0 radical (unpaired) electrons. The maximum atomic E-state index is 12.4. The highest BCUT2D eigenvalue weighted by molar-refractivity contribution is 5.94. The molecule has 1 amide bonds. The van der Waals surface area contributed by atoms with Crippen molar-refractivity contribution in [1.82, 2.24) is 19.9 Å². The van der Waals surface area contributed by atoms with E-state index >= 15 is 0 Å². The molecule has 120 valence electrons. The van der Waals surface area contributed by atoms with Gasteiger partial charge in [0.2, 0.25) is 0 Å². The van der Waals surface area contributed by atoms with Crippen LogP contribution in [0.15, 0.2) is 48.9 Å². The molecule has 5 rings (SSSR count). The van der Waals surface area contributed by atoms with E-state index in [4.69, 9.17) is 0 Å². The van der Waals surface area contributed by atoms with Crippen molar-refractivity contribution in [2.45, 2.75) is 24.7 Å². The Balaban J connectivity index is 1.28. The molecule has 1 fully saturated rings. The van der Waals surface area contributed by atoms with Crippen LogP contribution in [0.5, 0.6) is 0 Å². The molecule has 5 heteroatoms. The molecular formula is C19H18N4O. The second-order valence-electron chi connectivity index (χ2n) is 6.94. The molecule has 2 atom stereocenters. The van der Waals surface area contributed by atoms with Gasteiger partial charge in [-0.2, -0.15) is 0 Å². The Morgan fingerprint density at radius 3 is 3.17 bits per heavy atom. The zero-order chi connectivity index (χ0) is 16.1. The number of hydrogen-bond donors (Lipinski definition) is 1. The Hall–Kier alpha value is -2.69. The van der Waals surface area contributed by atoms with Crippen LogP contribution in [0, 0.1) is 5.92 Å². The van der Waals surface area contributed by atoms with Crippen LogP contribution in [0.4, 0.5) is 0 Å². The summed E-state index contributed by atoms with van der Waals surface area (Å²) in [4.78, 5) is 12.4. The van der Waals surface area contributed by atoms with Crippen LogP contribution >= 0.6 is 0 Å². The van der Waals surface area contributed by atoms with Crippen molar-refractivity contribution >= 4 is 11.6 Å². The molecule has 5 nitrogen and oxygen atoms in total. The number of rotatable bonds is 3. The van der Waals surface area contributed by atoms with Crippen LogP contribution in [-0.2, 0) is 11.8 Å². The van der Waals surface area contributed by atoms with Crippen LogP contribution in [0.1, 0.15) is 34.3 Å². The van der Waals surface area contributed by atoms with E-state index in [-0.39, 0.29) is 5.91 Å². The van der Waals surface area contributed by atoms with Gasteiger partial charge in [-0.25, -0.2) is 0 Å². The highest BCUT2D eigenvalue weighted by Gasteiger charge is 2.57. The van der Waals surface area contributed by atoms with Gasteiger partial charge in [0.1, 0.15) is 6.33 Å². The average Bonchev–Trinajstić information content (AvgIpc) is 2.93. The number of aromatic nitrogens is 3. The van der Waals surface area contributed by atoms with Crippen molar-refractivity contribution < 1.29 is 4.79 Å². The molecule has 1 N–H and O–H groups in total. The second-order valence-corrected chi connectivity index (χ2v) is 6.94. The molecule has 0 bridgehead atoms. The Morgan fingerprint density at radius 2 is 2.21 bits per heavy atom. The third-order valence-corrected chi connectivity index (χ3v) is 5.69. The fraction of sp³-hybridized carbons (Fsp3) is 0.316. The lowest BCUT2D eigenvalue weighted by Gasteiger charge is -2.12. The standard InChI is InChI=1S/C19H18N4O/c24-18(14-5-6-17-22-21-12-23(17)11-14)20-10-15-9-19(15)8-7-13-3-1-2-4-16(13)19/h1-6,11-12,15H,7-10H2,(H,20,24)/t15-,19-/m0/s1. The summed E-state index contributed by atoms with van der Waals surface area (Å²) in [6.45, 7) is 0.743. The topological polar surface area (TPSA) is 59.3 Å². The van der Waals surface area contributed by atoms with Gasteiger partial charge in [-0.15, -0.1) is 10.2 Å². The number of nitrogens with zero attached hydrogens (tertiary/aromatic N) is 3. The number of carbonyl (C=O) groups is 1. The van der Waals surface area contributed by atoms with Crippen LogP contribution in [0.3, 0.4) is 0 Å². The van der Waals surface area contributed by atoms with E-state index in [0.29, 0.717) is 16.9 Å². The molecule has 1 aromatic carbocycles. The largest absolute Gasteiger partial charge is 0.352 e. The zero-order valence-electron chi connectivity index (χ0n) is 13.3. The van der Waals surface area contributed by atoms with Crippen molar-refractivity contribution in [3.05, 3.63) is 65.6 Å². The normalized spacial score (nSPS) is 24.2. The van der Waals surface area contributed by atoms with Crippen molar-refractivity contribution in [3.8, 4) is 0 Å². The molecule has 2 heterocycles. The Bertz CT molecular complexity index is 947. The summed E-state index contributed by atoms with van der Waals surface area (Å²) in [6, 6.07) is 12.4. The lowest BCUT2D eigenvalue weighted by atomic mass is 9.95. The van der Waals surface area contributed by atoms with Crippen LogP contribution in [-0.4, -0.2) is 27.0 Å². The molecule has 0 saturated heterocycles. The molecule has 2 aromatic heterocycles. The van der Waals surface area contributed by atoms with E-state index in [0.717, 1.165) is 12.2 Å². The first-order valence-electron chi connectivity index (χ1n) is 8.42. The number of fused-ring (bicyclic) bond motifs is 3. The summed E-state index contributed by atoms with van der Waals surface area (Å²) >= 11 is 0. The van der Waals surface area contributed by atoms with Gasteiger partial charge in [0.15, 0.2) is 5.65 Å². The van der Waals surface area contributed by atoms with E-state index in [1.165, 1.54) is 30.4 Å². The molecule has 1 saturated carbocycles. The number of carbonyl (C=O) groups excluding carboxylic acids is 1. The minimum absolute atomic E-state index is 0.0288. The molecule has 3 aromatic rings. The van der Waals surface area contributed by atoms with Gasteiger partial charge in [0.25, 0.3) is 5.91 Å². The minimum atomic E-state index is -0.0288. The number of benzene rings is 1. The molecule has 2 aliphatic rings. The number of amides is 1. The lowest BCUT2D eigenvalue weighted by Crippen LogP contribution is -2.27. The van der Waals surface area contributed by atoms with Crippen molar-refractivity contribution in [2.75, 3.05) is 6.54 Å². The van der Waals surface area contributed by atoms with Gasteiger partial charge < -0.3 is 5.32 Å². The van der Waals surface area contributed by atoms with Crippen molar-refractivity contribution in [2.24, 2.45) is 5.92 Å². The second kappa shape index (κ2) is 4.90. The zero-order valence-corrected chi connectivity index (χ0v) is 13.3. The Morgan fingerprint density at radius 1 is 1.29 bits per heavy atom. The SMILES string of the molecule is O=C(NC[C@@H]1C[C@@]12CCc1ccccc12)c1ccc2nncn2c1. The van der Waals surface area contributed by atoms with E-state index in [9.17, 15) is 4.79 Å². The fourth-order valence-corrected chi connectivity index (χ4v) is 4.28. The third-order valence-electron chi connectivity index (χ3n) is 5.69. The third kappa shape index (κ3) is 1.97. The molecule has 1 spiro atoms. The van der Waals surface area contributed by atoms with Gasteiger partial charge in [0.05, 0.1) is 5.56 Å². The number of hydrogen-bond acceptors (Lipinski definition) is 3. The van der Waals surface area contributed by atoms with Crippen LogP contribution in [0.2, 0.25) is 0 Å². The van der Waals surface area contributed by atoms with Gasteiger partial charge in [-0.1, -0.05) is 24.3 Å². The summed E-state index contributed by atoms with van der Waals surface area (Å²) < 4.78 is 1.76. The van der Waals surface area contributed by atoms with Gasteiger partial charge >= 0.3 is 0 Å². The van der Waals surface area contributed by atoms with Gasteiger partial charge in [0, 0.05) is 18.2 Å².